The van der Waals surface area contributed by atoms with Gasteiger partial charge in [0.15, 0.2) is 0 Å². The van der Waals surface area contributed by atoms with E-state index in [9.17, 15) is 14.7 Å². The zero-order chi connectivity index (χ0) is 16.1. The predicted octanol–water partition coefficient (Wildman–Crippen LogP) is 0.222. The third-order valence-electron chi connectivity index (χ3n) is 2.99. The molecule has 2 rings (SSSR count). The van der Waals surface area contributed by atoms with E-state index in [1.807, 2.05) is 6.07 Å². The van der Waals surface area contributed by atoms with E-state index in [1.165, 1.54) is 17.7 Å². The highest BCUT2D eigenvalue weighted by atomic mass is 16.3. The number of aliphatic hydroxyl groups is 2. The number of carbonyl (C=O) groups is 1. The number of aromatic nitrogens is 2. The van der Waals surface area contributed by atoms with E-state index < -0.39 is 18.3 Å². The van der Waals surface area contributed by atoms with E-state index >= 15 is 0 Å². The summed E-state index contributed by atoms with van der Waals surface area (Å²) in [6, 6.07) is 9.00. The second-order valence-electron chi connectivity index (χ2n) is 4.79. The highest BCUT2D eigenvalue weighted by Gasteiger charge is 2.15. The Hall–Kier alpha value is -2.51. The first kappa shape index (κ1) is 15.9. The topological polar surface area (TPSA) is 104 Å². The van der Waals surface area contributed by atoms with Crippen molar-refractivity contribution < 1.29 is 15.0 Å². The van der Waals surface area contributed by atoms with E-state index in [4.69, 9.17) is 5.11 Å². The summed E-state index contributed by atoms with van der Waals surface area (Å²) >= 11 is 0. The lowest BCUT2D eigenvalue weighted by Gasteiger charge is -2.16. The lowest BCUT2D eigenvalue weighted by atomic mass is 10.2. The number of nitrogens with one attached hydrogen (secondary N) is 1. The maximum absolute atomic E-state index is 12.5. The molecule has 1 aromatic carbocycles. The number of anilines is 1. The largest absolute Gasteiger partial charge is 0.394 e. The summed E-state index contributed by atoms with van der Waals surface area (Å²) in [4.78, 5) is 27.8. The van der Waals surface area contributed by atoms with Crippen molar-refractivity contribution in [2.75, 3.05) is 11.9 Å². The third-order valence-corrected chi connectivity index (χ3v) is 2.99. The van der Waals surface area contributed by atoms with Crippen molar-refractivity contribution >= 4 is 11.6 Å². The predicted molar refractivity (Wildman–Crippen MR) is 81.3 cm³/mol. The lowest BCUT2D eigenvalue weighted by Crippen LogP contribution is -2.32. The first-order valence-electron chi connectivity index (χ1n) is 6.74. The molecule has 2 aromatic rings. The van der Waals surface area contributed by atoms with Crippen LogP contribution in [0.5, 0.6) is 0 Å². The molecule has 7 nitrogen and oxygen atoms in total. The quantitative estimate of drug-likeness (QED) is 0.733. The number of benzene rings is 1. The Kier molecular flexibility index (Phi) is 5.03. The van der Waals surface area contributed by atoms with Crippen molar-refractivity contribution in [3.8, 4) is 11.4 Å². The molecule has 0 bridgehead atoms. The SMILES string of the molecule is CC(=O)Nc1cnc(-c2ccccc2)n(CC(O)CO)c1=O. The molecule has 116 valence electrons. The summed E-state index contributed by atoms with van der Waals surface area (Å²) in [5, 5.41) is 21.1. The van der Waals surface area contributed by atoms with Crippen molar-refractivity contribution in [2.45, 2.75) is 19.6 Å². The molecule has 0 radical (unpaired) electrons. The van der Waals surface area contributed by atoms with Crippen LogP contribution in [0.2, 0.25) is 0 Å². The minimum atomic E-state index is -1.10. The molecule has 0 saturated heterocycles. The minimum absolute atomic E-state index is 0.0253. The van der Waals surface area contributed by atoms with Gasteiger partial charge in [-0.05, 0) is 0 Å². The summed E-state index contributed by atoms with van der Waals surface area (Å²) < 4.78 is 1.24. The second kappa shape index (κ2) is 6.97. The van der Waals surface area contributed by atoms with Crippen LogP contribution in [-0.2, 0) is 11.3 Å². The van der Waals surface area contributed by atoms with Crippen molar-refractivity contribution in [3.05, 3.63) is 46.9 Å². The lowest BCUT2D eigenvalue weighted by molar-refractivity contribution is -0.114. The van der Waals surface area contributed by atoms with Gasteiger partial charge in [-0.3, -0.25) is 14.2 Å². The zero-order valence-electron chi connectivity index (χ0n) is 12.1. The van der Waals surface area contributed by atoms with Crippen LogP contribution in [0.15, 0.2) is 41.3 Å². The number of rotatable bonds is 5. The standard InChI is InChI=1S/C15H17N3O4/c1-10(20)17-13-7-16-14(11-5-3-2-4-6-11)18(15(13)22)8-12(21)9-19/h2-7,12,19,21H,8-9H2,1H3,(H,17,20). The average Bonchev–Trinajstić information content (AvgIpc) is 2.51. The number of aliphatic hydroxyl groups excluding tert-OH is 2. The fourth-order valence-corrected chi connectivity index (χ4v) is 2.02. The Balaban J connectivity index is 2.56. The van der Waals surface area contributed by atoms with Crippen molar-refractivity contribution in [1.82, 2.24) is 9.55 Å². The highest BCUT2D eigenvalue weighted by Crippen LogP contribution is 2.16. The number of hydrogen-bond donors (Lipinski definition) is 3. The Morgan fingerprint density at radius 1 is 1.36 bits per heavy atom. The van der Waals surface area contributed by atoms with Gasteiger partial charge in [0.2, 0.25) is 5.91 Å². The first-order chi connectivity index (χ1) is 10.5. The molecular weight excluding hydrogens is 286 g/mol. The van der Waals surface area contributed by atoms with Crippen molar-refractivity contribution in [3.63, 3.8) is 0 Å². The maximum Gasteiger partial charge on any atom is 0.277 e. The van der Waals surface area contributed by atoms with Gasteiger partial charge in [0, 0.05) is 12.5 Å². The molecule has 1 unspecified atom stereocenters. The number of carbonyl (C=O) groups excluding carboxylic acids is 1. The van der Waals surface area contributed by atoms with Gasteiger partial charge in [-0.2, -0.15) is 0 Å². The molecule has 7 heteroatoms. The molecule has 1 aromatic heterocycles. The smallest absolute Gasteiger partial charge is 0.277 e. The number of hydrogen-bond acceptors (Lipinski definition) is 5. The fourth-order valence-electron chi connectivity index (χ4n) is 2.02. The molecule has 0 fully saturated rings. The molecule has 0 spiro atoms. The summed E-state index contributed by atoms with van der Waals surface area (Å²) in [5.74, 6) is -0.0344. The molecule has 0 aliphatic heterocycles. The summed E-state index contributed by atoms with van der Waals surface area (Å²) in [6.45, 7) is 0.683. The number of amides is 1. The van der Waals surface area contributed by atoms with Gasteiger partial charge >= 0.3 is 0 Å². The first-order valence-corrected chi connectivity index (χ1v) is 6.74. The van der Waals surface area contributed by atoms with Crippen LogP contribution < -0.4 is 10.9 Å². The number of nitrogens with zero attached hydrogens (tertiary/aromatic N) is 2. The van der Waals surface area contributed by atoms with Crippen molar-refractivity contribution in [1.29, 1.82) is 0 Å². The van der Waals surface area contributed by atoms with E-state index in [0.717, 1.165) is 0 Å². The fraction of sp³-hybridized carbons (Fsp3) is 0.267. The molecule has 0 aliphatic carbocycles. The highest BCUT2D eigenvalue weighted by molar-refractivity contribution is 5.88. The molecule has 0 saturated carbocycles. The van der Waals surface area contributed by atoms with Crippen LogP contribution in [0.3, 0.4) is 0 Å². The molecule has 22 heavy (non-hydrogen) atoms. The molecular formula is C15H17N3O4. The monoisotopic (exact) mass is 303 g/mol. The molecule has 0 aliphatic rings. The van der Waals surface area contributed by atoms with E-state index in [-0.39, 0.29) is 18.1 Å². The Morgan fingerprint density at radius 3 is 2.64 bits per heavy atom. The van der Waals surface area contributed by atoms with E-state index in [2.05, 4.69) is 10.3 Å². The van der Waals surface area contributed by atoms with Crippen LogP contribution >= 0.6 is 0 Å². The maximum atomic E-state index is 12.5. The van der Waals surface area contributed by atoms with Crippen LogP contribution in [-0.4, -0.2) is 38.4 Å². The Labute approximate surface area is 126 Å². The van der Waals surface area contributed by atoms with Gasteiger partial charge in [0.05, 0.1) is 25.5 Å². The van der Waals surface area contributed by atoms with Gasteiger partial charge in [-0.1, -0.05) is 30.3 Å². The van der Waals surface area contributed by atoms with Gasteiger partial charge in [-0.25, -0.2) is 4.98 Å². The average molecular weight is 303 g/mol. The van der Waals surface area contributed by atoms with Crippen LogP contribution in [0.4, 0.5) is 5.69 Å². The minimum Gasteiger partial charge on any atom is -0.394 e. The van der Waals surface area contributed by atoms with Gasteiger partial charge in [0.25, 0.3) is 5.56 Å². The second-order valence-corrected chi connectivity index (χ2v) is 4.79. The van der Waals surface area contributed by atoms with Crippen LogP contribution in [0.25, 0.3) is 11.4 Å². The van der Waals surface area contributed by atoms with Crippen molar-refractivity contribution in [2.24, 2.45) is 0 Å². The van der Waals surface area contributed by atoms with Crippen LogP contribution in [0.1, 0.15) is 6.92 Å². The van der Waals surface area contributed by atoms with Gasteiger partial charge in [-0.15, -0.1) is 0 Å². The normalized spacial score (nSPS) is 12.0. The zero-order valence-corrected chi connectivity index (χ0v) is 12.1. The molecule has 1 heterocycles. The Morgan fingerprint density at radius 2 is 2.05 bits per heavy atom. The van der Waals surface area contributed by atoms with E-state index in [0.29, 0.717) is 11.4 Å². The van der Waals surface area contributed by atoms with Gasteiger partial charge < -0.3 is 15.5 Å². The van der Waals surface area contributed by atoms with Gasteiger partial charge in [0.1, 0.15) is 11.5 Å². The molecule has 3 N–H and O–H groups in total. The van der Waals surface area contributed by atoms with E-state index in [1.54, 1.807) is 24.3 Å². The summed E-state index contributed by atoms with van der Waals surface area (Å²) in [6.07, 6.45) is 0.183. The molecule has 1 atom stereocenters. The third kappa shape index (κ3) is 3.57. The Bertz CT molecular complexity index is 712. The summed E-state index contributed by atoms with van der Waals surface area (Å²) in [7, 11) is 0. The summed E-state index contributed by atoms with van der Waals surface area (Å²) in [5.41, 5.74) is 0.230. The van der Waals surface area contributed by atoms with Crippen LogP contribution in [0, 0.1) is 0 Å². The molecule has 1 amide bonds.